The molecule has 2 aromatic heterocycles. The van der Waals surface area contributed by atoms with Gasteiger partial charge >= 0.3 is 0 Å². The van der Waals surface area contributed by atoms with E-state index in [1.54, 1.807) is 12.3 Å². The number of carbonyl (C=O) groups is 1. The zero-order valence-corrected chi connectivity index (χ0v) is 11.8. The van der Waals surface area contributed by atoms with Gasteiger partial charge < -0.3 is 5.73 Å². The predicted octanol–water partition coefficient (Wildman–Crippen LogP) is 2.47. The van der Waals surface area contributed by atoms with Crippen molar-refractivity contribution in [1.82, 2.24) is 14.5 Å². The molecule has 0 aliphatic heterocycles. The van der Waals surface area contributed by atoms with Crippen molar-refractivity contribution in [1.29, 1.82) is 0 Å². The first-order valence-electron chi connectivity index (χ1n) is 6.93. The fraction of sp³-hybridized carbons (Fsp3) is 0.188. The second kappa shape index (κ2) is 5.36. The lowest BCUT2D eigenvalue weighted by Gasteiger charge is -2.11. The highest BCUT2D eigenvalue weighted by Crippen LogP contribution is 2.21. The fourth-order valence-electron chi connectivity index (χ4n) is 2.41. The molecule has 0 fully saturated rings. The van der Waals surface area contributed by atoms with Crippen molar-refractivity contribution in [3.63, 3.8) is 0 Å². The van der Waals surface area contributed by atoms with Crippen LogP contribution in [0.2, 0.25) is 0 Å². The molecule has 0 bridgehead atoms. The molecule has 3 rings (SSSR count). The molecule has 21 heavy (non-hydrogen) atoms. The summed E-state index contributed by atoms with van der Waals surface area (Å²) in [7, 11) is 0. The molecule has 0 unspecified atom stereocenters. The molecule has 5 nitrogen and oxygen atoms in total. The van der Waals surface area contributed by atoms with E-state index in [-0.39, 0.29) is 0 Å². The first kappa shape index (κ1) is 13.3. The van der Waals surface area contributed by atoms with E-state index in [1.165, 1.54) is 0 Å². The summed E-state index contributed by atoms with van der Waals surface area (Å²) >= 11 is 0. The smallest absolute Gasteiger partial charge is 0.252 e. The van der Waals surface area contributed by atoms with Crippen LogP contribution in [-0.4, -0.2) is 20.4 Å². The van der Waals surface area contributed by atoms with E-state index in [2.05, 4.69) is 16.9 Å². The van der Waals surface area contributed by atoms with Crippen molar-refractivity contribution in [2.45, 2.75) is 19.8 Å². The van der Waals surface area contributed by atoms with E-state index in [0.717, 1.165) is 29.6 Å². The Labute approximate surface area is 122 Å². The third-order valence-corrected chi connectivity index (χ3v) is 3.39. The van der Waals surface area contributed by atoms with Gasteiger partial charge in [0.15, 0.2) is 5.82 Å². The van der Waals surface area contributed by atoms with Gasteiger partial charge in [-0.3, -0.25) is 9.36 Å². The molecule has 5 heteroatoms. The number of benzene rings is 1. The number of carbonyl (C=O) groups excluding carboxylic acids is 1. The van der Waals surface area contributed by atoms with Crippen LogP contribution in [0.1, 0.15) is 29.5 Å². The second-order valence-corrected chi connectivity index (χ2v) is 4.88. The van der Waals surface area contributed by atoms with Gasteiger partial charge in [-0.05, 0) is 18.6 Å². The van der Waals surface area contributed by atoms with Gasteiger partial charge in [-0.15, -0.1) is 0 Å². The van der Waals surface area contributed by atoms with E-state index in [1.807, 2.05) is 35.0 Å². The molecular weight excluding hydrogens is 264 g/mol. The number of hydrogen-bond donors (Lipinski definition) is 1. The number of fused-ring (bicyclic) bond motifs is 1. The van der Waals surface area contributed by atoms with Gasteiger partial charge in [0.2, 0.25) is 0 Å². The maximum atomic E-state index is 11.8. The molecule has 1 amide bonds. The number of primary amides is 1. The van der Waals surface area contributed by atoms with Crippen LogP contribution < -0.4 is 5.73 Å². The molecule has 0 saturated heterocycles. The Morgan fingerprint density at radius 1 is 1.33 bits per heavy atom. The number of rotatable bonds is 4. The Kier molecular flexibility index (Phi) is 3.39. The monoisotopic (exact) mass is 280 g/mol. The van der Waals surface area contributed by atoms with Crippen LogP contribution in [0.15, 0.2) is 42.7 Å². The lowest BCUT2D eigenvalue weighted by atomic mass is 10.1. The zero-order valence-electron chi connectivity index (χ0n) is 11.8. The minimum atomic E-state index is -0.487. The molecule has 0 aliphatic carbocycles. The number of hydrogen-bond acceptors (Lipinski definition) is 3. The lowest BCUT2D eigenvalue weighted by Crippen LogP contribution is -2.17. The quantitative estimate of drug-likeness (QED) is 0.797. The molecule has 0 saturated carbocycles. The number of aryl methyl sites for hydroxylation is 1. The van der Waals surface area contributed by atoms with E-state index >= 15 is 0 Å². The van der Waals surface area contributed by atoms with Gasteiger partial charge in [0.05, 0.1) is 11.1 Å². The summed E-state index contributed by atoms with van der Waals surface area (Å²) in [6.45, 7) is 2.09. The van der Waals surface area contributed by atoms with Crippen molar-refractivity contribution in [2.75, 3.05) is 0 Å². The normalized spacial score (nSPS) is 10.9. The average molecular weight is 280 g/mol. The Bertz CT molecular complexity index is 807. The van der Waals surface area contributed by atoms with Crippen LogP contribution in [-0.2, 0) is 6.42 Å². The third-order valence-electron chi connectivity index (χ3n) is 3.39. The summed E-state index contributed by atoms with van der Waals surface area (Å²) in [6.07, 6.45) is 5.32. The third kappa shape index (κ3) is 2.38. The van der Waals surface area contributed by atoms with Gasteiger partial charge in [-0.2, -0.15) is 0 Å². The molecule has 1 aromatic carbocycles. The minimum Gasteiger partial charge on any atom is -0.365 e. The summed E-state index contributed by atoms with van der Waals surface area (Å²) in [6, 6.07) is 9.45. The number of amides is 1. The molecule has 2 heterocycles. The Morgan fingerprint density at radius 3 is 2.90 bits per heavy atom. The van der Waals surface area contributed by atoms with Crippen LogP contribution >= 0.6 is 0 Å². The lowest BCUT2D eigenvalue weighted by molar-refractivity contribution is 0.1000. The summed E-state index contributed by atoms with van der Waals surface area (Å²) in [4.78, 5) is 20.7. The molecule has 106 valence electrons. The van der Waals surface area contributed by atoms with Crippen molar-refractivity contribution in [2.24, 2.45) is 5.73 Å². The van der Waals surface area contributed by atoms with Crippen LogP contribution in [0.5, 0.6) is 0 Å². The van der Waals surface area contributed by atoms with Gasteiger partial charge in [0.25, 0.3) is 5.91 Å². The standard InChI is InChI=1S/C16H16N4O/c1-2-5-14-18-8-9-20(14)16-12(15(17)21)10-11-6-3-4-7-13(11)19-16/h3-4,6-10H,2,5H2,1H3,(H2,17,21). The number of pyridine rings is 1. The number of imidazole rings is 1. The predicted molar refractivity (Wildman–Crippen MR) is 81.4 cm³/mol. The number of aromatic nitrogens is 3. The SMILES string of the molecule is CCCc1nccn1-c1nc2ccccc2cc1C(N)=O. The highest BCUT2D eigenvalue weighted by Gasteiger charge is 2.15. The largest absolute Gasteiger partial charge is 0.365 e. The maximum absolute atomic E-state index is 11.8. The van der Waals surface area contributed by atoms with Gasteiger partial charge in [0.1, 0.15) is 5.82 Å². The van der Waals surface area contributed by atoms with Crippen molar-refractivity contribution in [3.05, 3.63) is 54.1 Å². The highest BCUT2D eigenvalue weighted by atomic mass is 16.1. The molecule has 0 aliphatic rings. The molecule has 0 atom stereocenters. The number of nitrogens with zero attached hydrogens (tertiary/aromatic N) is 3. The van der Waals surface area contributed by atoms with Crippen molar-refractivity contribution < 1.29 is 4.79 Å². The molecule has 0 spiro atoms. The first-order chi connectivity index (χ1) is 10.2. The number of para-hydroxylation sites is 1. The van der Waals surface area contributed by atoms with Crippen LogP contribution in [0, 0.1) is 0 Å². The minimum absolute atomic E-state index is 0.407. The summed E-state index contributed by atoms with van der Waals surface area (Å²) in [5, 5.41) is 0.896. The first-order valence-corrected chi connectivity index (χ1v) is 6.93. The summed E-state index contributed by atoms with van der Waals surface area (Å²) in [5.74, 6) is 0.935. The van der Waals surface area contributed by atoms with Crippen LogP contribution in [0.3, 0.4) is 0 Å². The van der Waals surface area contributed by atoms with E-state index in [4.69, 9.17) is 5.73 Å². The highest BCUT2D eigenvalue weighted by molar-refractivity contribution is 5.99. The summed E-state index contributed by atoms with van der Waals surface area (Å²) in [5.41, 5.74) is 6.76. The molecular formula is C16H16N4O. The molecule has 0 radical (unpaired) electrons. The Hall–Kier alpha value is -2.69. The Balaban J connectivity index is 2.26. The summed E-state index contributed by atoms with van der Waals surface area (Å²) < 4.78 is 1.84. The van der Waals surface area contributed by atoms with Crippen molar-refractivity contribution >= 4 is 16.8 Å². The maximum Gasteiger partial charge on any atom is 0.252 e. The van der Waals surface area contributed by atoms with Gasteiger partial charge in [-0.25, -0.2) is 9.97 Å². The fourth-order valence-corrected chi connectivity index (χ4v) is 2.41. The van der Waals surface area contributed by atoms with Gasteiger partial charge in [0, 0.05) is 24.2 Å². The second-order valence-electron chi connectivity index (χ2n) is 4.88. The van der Waals surface area contributed by atoms with Crippen molar-refractivity contribution in [3.8, 4) is 5.82 Å². The van der Waals surface area contributed by atoms with Gasteiger partial charge in [-0.1, -0.05) is 25.1 Å². The Morgan fingerprint density at radius 2 is 2.14 bits per heavy atom. The number of nitrogens with two attached hydrogens (primary N) is 1. The molecule has 3 aromatic rings. The molecule has 2 N–H and O–H groups in total. The zero-order chi connectivity index (χ0) is 14.8. The van der Waals surface area contributed by atoms with Crippen LogP contribution in [0.25, 0.3) is 16.7 Å². The topological polar surface area (TPSA) is 73.8 Å². The average Bonchev–Trinajstić information content (AvgIpc) is 2.94. The van der Waals surface area contributed by atoms with E-state index < -0.39 is 5.91 Å². The van der Waals surface area contributed by atoms with E-state index in [9.17, 15) is 4.79 Å². The van der Waals surface area contributed by atoms with E-state index in [0.29, 0.717) is 11.4 Å². The van der Waals surface area contributed by atoms with Crippen LogP contribution in [0.4, 0.5) is 0 Å².